The molecule has 6 rings (SSSR count). The molecule has 5 aliphatic rings. The molecule has 150 valence electrons. The Morgan fingerprint density at radius 1 is 0.964 bits per heavy atom. The number of nitrogens with zero attached hydrogens (tertiary/aromatic N) is 2. The number of carbonyl (C=O) groups is 2. The number of aryl methyl sites for hydroxylation is 1. The van der Waals surface area contributed by atoms with E-state index in [1.165, 1.54) is 30.5 Å². The van der Waals surface area contributed by atoms with Crippen molar-refractivity contribution in [3.05, 3.63) is 29.8 Å². The van der Waals surface area contributed by atoms with E-state index in [1.807, 2.05) is 0 Å². The molecule has 5 nitrogen and oxygen atoms in total. The molecule has 4 bridgehead atoms. The molecule has 0 unspecified atom stereocenters. The van der Waals surface area contributed by atoms with Crippen LogP contribution in [0.3, 0.4) is 0 Å². The molecule has 1 heterocycles. The van der Waals surface area contributed by atoms with E-state index >= 15 is 0 Å². The van der Waals surface area contributed by atoms with Crippen molar-refractivity contribution in [1.82, 2.24) is 10.2 Å². The summed E-state index contributed by atoms with van der Waals surface area (Å²) >= 11 is 0. The first-order chi connectivity index (χ1) is 13.5. The fourth-order valence-electron chi connectivity index (χ4n) is 6.69. The molecule has 2 amide bonds. The summed E-state index contributed by atoms with van der Waals surface area (Å²) < 4.78 is 0. The third-order valence-corrected chi connectivity index (χ3v) is 7.54. The minimum absolute atomic E-state index is 0.0924. The van der Waals surface area contributed by atoms with Gasteiger partial charge in [0.05, 0.1) is 0 Å². The van der Waals surface area contributed by atoms with Crippen LogP contribution in [-0.4, -0.2) is 48.4 Å². The third kappa shape index (κ3) is 3.29. The second kappa shape index (κ2) is 6.78. The number of rotatable bonds is 2. The summed E-state index contributed by atoms with van der Waals surface area (Å²) in [7, 11) is 0. The highest BCUT2D eigenvalue weighted by Crippen LogP contribution is 2.55. The number of carbonyl (C=O) groups excluding carboxylic acids is 2. The van der Waals surface area contributed by atoms with E-state index in [-0.39, 0.29) is 17.4 Å². The van der Waals surface area contributed by atoms with Gasteiger partial charge in [-0.25, -0.2) is 0 Å². The van der Waals surface area contributed by atoms with Gasteiger partial charge in [-0.05, 0) is 80.9 Å². The standard InChI is InChI=1S/C23H31N3O2/c1-16-3-2-4-20(9-16)25-5-7-26(8-6-25)22(28)21(27)24-23-13-17-10-18(14-23)12-19(11-17)15-23/h2-4,9,17-19H,5-8,10-15H2,1H3,(H,24,27). The fourth-order valence-corrected chi connectivity index (χ4v) is 6.69. The molecule has 1 N–H and O–H groups in total. The zero-order valence-electron chi connectivity index (χ0n) is 16.8. The molecule has 1 aromatic rings. The van der Waals surface area contributed by atoms with Crippen LogP contribution in [0.5, 0.6) is 0 Å². The van der Waals surface area contributed by atoms with Gasteiger partial charge in [0.1, 0.15) is 0 Å². The first-order valence-electron chi connectivity index (χ1n) is 10.9. The topological polar surface area (TPSA) is 52.7 Å². The molecule has 0 radical (unpaired) electrons. The van der Waals surface area contributed by atoms with Crippen molar-refractivity contribution >= 4 is 17.5 Å². The third-order valence-electron chi connectivity index (χ3n) is 7.54. The smallest absolute Gasteiger partial charge is 0.312 e. The van der Waals surface area contributed by atoms with Crippen LogP contribution < -0.4 is 10.2 Å². The summed E-state index contributed by atoms with van der Waals surface area (Å²) in [5, 5.41) is 3.23. The van der Waals surface area contributed by atoms with E-state index in [0.717, 1.165) is 50.1 Å². The van der Waals surface area contributed by atoms with Gasteiger partial charge in [0.15, 0.2) is 0 Å². The number of hydrogen-bond acceptors (Lipinski definition) is 3. The van der Waals surface area contributed by atoms with Gasteiger partial charge < -0.3 is 15.1 Å². The van der Waals surface area contributed by atoms with E-state index < -0.39 is 0 Å². The second-order valence-electron chi connectivity index (χ2n) is 9.77. The van der Waals surface area contributed by atoms with Gasteiger partial charge in [0.2, 0.25) is 0 Å². The van der Waals surface area contributed by atoms with Crippen LogP contribution >= 0.6 is 0 Å². The summed E-state index contributed by atoms with van der Waals surface area (Å²) in [6.07, 6.45) is 7.26. The molecule has 0 spiro atoms. The SMILES string of the molecule is Cc1cccc(N2CCN(C(=O)C(=O)NC34CC5CC(CC(C5)C3)C4)CC2)c1. The molecule has 5 fully saturated rings. The molecule has 0 atom stereocenters. The highest BCUT2D eigenvalue weighted by Gasteiger charge is 2.52. The minimum atomic E-state index is -0.369. The molecule has 1 aliphatic heterocycles. The maximum absolute atomic E-state index is 12.8. The summed E-state index contributed by atoms with van der Waals surface area (Å²) in [4.78, 5) is 29.7. The normalized spacial score (nSPS) is 33.8. The second-order valence-corrected chi connectivity index (χ2v) is 9.77. The predicted molar refractivity (Wildman–Crippen MR) is 109 cm³/mol. The lowest BCUT2D eigenvalue weighted by Gasteiger charge is -2.56. The van der Waals surface area contributed by atoms with Crippen LogP contribution in [0.1, 0.15) is 44.1 Å². The van der Waals surface area contributed by atoms with E-state index in [1.54, 1.807) is 4.90 Å². The van der Waals surface area contributed by atoms with Crippen LogP contribution in [0.2, 0.25) is 0 Å². The van der Waals surface area contributed by atoms with Gasteiger partial charge >= 0.3 is 11.8 Å². The zero-order chi connectivity index (χ0) is 19.3. The Morgan fingerprint density at radius 3 is 2.14 bits per heavy atom. The van der Waals surface area contributed by atoms with E-state index in [4.69, 9.17) is 0 Å². The highest BCUT2D eigenvalue weighted by molar-refractivity contribution is 6.35. The number of amides is 2. The molecular weight excluding hydrogens is 350 g/mol. The number of piperazine rings is 1. The van der Waals surface area contributed by atoms with Crippen molar-refractivity contribution < 1.29 is 9.59 Å². The van der Waals surface area contributed by atoms with Gasteiger partial charge in [-0.15, -0.1) is 0 Å². The van der Waals surface area contributed by atoms with Gasteiger partial charge in [0.25, 0.3) is 0 Å². The Hall–Kier alpha value is -2.04. The zero-order valence-corrected chi connectivity index (χ0v) is 16.8. The summed E-state index contributed by atoms with van der Waals surface area (Å²) in [5.74, 6) is 1.59. The molecule has 28 heavy (non-hydrogen) atoms. The van der Waals surface area contributed by atoms with Crippen LogP contribution in [0.25, 0.3) is 0 Å². The maximum Gasteiger partial charge on any atom is 0.312 e. The van der Waals surface area contributed by atoms with Crippen LogP contribution in [0.15, 0.2) is 24.3 Å². The van der Waals surface area contributed by atoms with Gasteiger partial charge in [-0.2, -0.15) is 0 Å². The average Bonchev–Trinajstić information content (AvgIpc) is 2.66. The van der Waals surface area contributed by atoms with Crippen LogP contribution in [-0.2, 0) is 9.59 Å². The van der Waals surface area contributed by atoms with Gasteiger partial charge in [0, 0.05) is 37.4 Å². The lowest BCUT2D eigenvalue weighted by molar-refractivity contribution is -0.149. The Bertz CT molecular complexity index is 747. The molecule has 4 saturated carbocycles. The first-order valence-corrected chi connectivity index (χ1v) is 10.9. The van der Waals surface area contributed by atoms with E-state index in [0.29, 0.717) is 13.1 Å². The highest BCUT2D eigenvalue weighted by atomic mass is 16.2. The van der Waals surface area contributed by atoms with Crippen molar-refractivity contribution in [2.75, 3.05) is 31.1 Å². The summed E-state index contributed by atoms with van der Waals surface area (Å²) in [6, 6.07) is 8.46. The molecule has 0 aromatic heterocycles. The van der Waals surface area contributed by atoms with Crippen molar-refractivity contribution in [2.45, 2.75) is 51.0 Å². The predicted octanol–water partition coefficient (Wildman–Crippen LogP) is 2.73. The molecule has 4 aliphatic carbocycles. The minimum Gasteiger partial charge on any atom is -0.368 e. The monoisotopic (exact) mass is 381 g/mol. The quantitative estimate of drug-likeness (QED) is 0.802. The van der Waals surface area contributed by atoms with Gasteiger partial charge in [-0.1, -0.05) is 12.1 Å². The Morgan fingerprint density at radius 2 is 1.57 bits per heavy atom. The number of benzene rings is 1. The lowest BCUT2D eigenvalue weighted by atomic mass is 9.53. The van der Waals surface area contributed by atoms with E-state index in [2.05, 4.69) is 41.4 Å². The van der Waals surface area contributed by atoms with Crippen molar-refractivity contribution in [3.8, 4) is 0 Å². The number of anilines is 1. The molecule has 1 saturated heterocycles. The van der Waals surface area contributed by atoms with E-state index in [9.17, 15) is 9.59 Å². The average molecular weight is 382 g/mol. The summed E-state index contributed by atoms with van der Waals surface area (Å²) in [5.41, 5.74) is 2.35. The van der Waals surface area contributed by atoms with Gasteiger partial charge in [-0.3, -0.25) is 9.59 Å². The summed E-state index contributed by atoms with van der Waals surface area (Å²) in [6.45, 7) is 4.87. The molecular formula is C23H31N3O2. The largest absolute Gasteiger partial charge is 0.368 e. The number of nitrogens with one attached hydrogen (secondary N) is 1. The first kappa shape index (κ1) is 18.0. The van der Waals surface area contributed by atoms with Crippen molar-refractivity contribution in [3.63, 3.8) is 0 Å². The van der Waals surface area contributed by atoms with Crippen LogP contribution in [0, 0.1) is 24.7 Å². The fraction of sp³-hybridized carbons (Fsp3) is 0.652. The van der Waals surface area contributed by atoms with Crippen molar-refractivity contribution in [1.29, 1.82) is 0 Å². The maximum atomic E-state index is 12.8. The van der Waals surface area contributed by atoms with Crippen molar-refractivity contribution in [2.24, 2.45) is 17.8 Å². The molecule has 1 aromatic carbocycles. The Kier molecular flexibility index (Phi) is 4.37. The number of hydrogen-bond donors (Lipinski definition) is 1. The molecule has 5 heteroatoms. The Labute approximate surface area is 167 Å². The lowest BCUT2D eigenvalue weighted by Crippen LogP contribution is -2.62. The van der Waals surface area contributed by atoms with Crippen LogP contribution in [0.4, 0.5) is 5.69 Å². The Balaban J connectivity index is 1.19.